The van der Waals surface area contributed by atoms with Crippen LogP contribution >= 0.6 is 11.3 Å². The Balaban J connectivity index is 1.93. The molecular formula is C12H17N5S. The Morgan fingerprint density at radius 1 is 1.28 bits per heavy atom. The van der Waals surface area contributed by atoms with Crippen LogP contribution in [0.15, 0.2) is 11.6 Å². The van der Waals surface area contributed by atoms with Crippen molar-refractivity contribution in [2.75, 3.05) is 24.2 Å². The first kappa shape index (κ1) is 12.8. The summed E-state index contributed by atoms with van der Waals surface area (Å²) in [5.74, 6) is 1.51. The molecule has 2 aromatic heterocycles. The van der Waals surface area contributed by atoms with E-state index < -0.39 is 0 Å². The summed E-state index contributed by atoms with van der Waals surface area (Å²) in [4.78, 5) is 13.0. The minimum atomic E-state index is 0.632. The van der Waals surface area contributed by atoms with E-state index in [0.29, 0.717) is 5.95 Å². The predicted octanol–water partition coefficient (Wildman–Crippen LogP) is 2.25. The van der Waals surface area contributed by atoms with Crippen LogP contribution in [0.5, 0.6) is 0 Å². The molecule has 0 aliphatic rings. The van der Waals surface area contributed by atoms with E-state index in [9.17, 15) is 0 Å². The quantitative estimate of drug-likeness (QED) is 0.866. The second-order valence-corrected chi connectivity index (χ2v) is 5.07. The van der Waals surface area contributed by atoms with E-state index in [-0.39, 0.29) is 0 Å². The summed E-state index contributed by atoms with van der Waals surface area (Å²) in [6.45, 7) is 4.84. The number of hydrogen-bond acceptors (Lipinski definition) is 6. The highest BCUT2D eigenvalue weighted by molar-refractivity contribution is 7.09. The van der Waals surface area contributed by atoms with Crippen LogP contribution in [0.3, 0.4) is 0 Å². The molecule has 0 aliphatic heterocycles. The normalized spacial score (nSPS) is 10.4. The zero-order chi connectivity index (χ0) is 13.0. The fourth-order valence-corrected chi connectivity index (χ4v) is 2.22. The lowest BCUT2D eigenvalue weighted by atomic mass is 10.3. The van der Waals surface area contributed by atoms with Gasteiger partial charge in [-0.15, -0.1) is 11.3 Å². The Labute approximate surface area is 111 Å². The van der Waals surface area contributed by atoms with Gasteiger partial charge in [-0.05, 0) is 13.8 Å². The van der Waals surface area contributed by atoms with Gasteiger partial charge in [0, 0.05) is 37.2 Å². The molecule has 0 unspecified atom stereocenters. The van der Waals surface area contributed by atoms with Gasteiger partial charge in [0.2, 0.25) is 5.95 Å². The third kappa shape index (κ3) is 3.16. The summed E-state index contributed by atoms with van der Waals surface area (Å²) in [5.41, 5.74) is 2.18. The molecule has 0 aromatic carbocycles. The number of nitrogens with one attached hydrogen (secondary N) is 2. The summed E-state index contributed by atoms with van der Waals surface area (Å²) in [7, 11) is 1.81. The average molecular weight is 263 g/mol. The van der Waals surface area contributed by atoms with Gasteiger partial charge in [-0.3, -0.25) is 0 Å². The minimum Gasteiger partial charge on any atom is -0.369 e. The summed E-state index contributed by atoms with van der Waals surface area (Å²) >= 11 is 1.69. The van der Waals surface area contributed by atoms with Crippen molar-refractivity contribution in [3.63, 3.8) is 0 Å². The van der Waals surface area contributed by atoms with Crippen LogP contribution in [0.1, 0.15) is 16.3 Å². The molecule has 0 atom stereocenters. The highest BCUT2D eigenvalue weighted by Crippen LogP contribution is 2.13. The predicted molar refractivity (Wildman–Crippen MR) is 75.4 cm³/mol. The van der Waals surface area contributed by atoms with Crippen LogP contribution in [0, 0.1) is 13.8 Å². The molecule has 2 rings (SSSR count). The molecule has 0 spiro atoms. The monoisotopic (exact) mass is 263 g/mol. The molecule has 0 saturated carbocycles. The van der Waals surface area contributed by atoms with Gasteiger partial charge in [0.15, 0.2) is 0 Å². The summed E-state index contributed by atoms with van der Waals surface area (Å²) in [6.07, 6.45) is 2.72. The van der Waals surface area contributed by atoms with E-state index in [4.69, 9.17) is 0 Å². The second kappa shape index (κ2) is 5.77. The summed E-state index contributed by atoms with van der Waals surface area (Å²) in [6, 6.07) is 0. The van der Waals surface area contributed by atoms with Crippen LogP contribution in [0.25, 0.3) is 0 Å². The molecule has 0 aliphatic carbocycles. The lowest BCUT2D eigenvalue weighted by molar-refractivity contribution is 0.953. The topological polar surface area (TPSA) is 62.7 Å². The Kier molecular flexibility index (Phi) is 4.09. The molecule has 6 heteroatoms. The van der Waals surface area contributed by atoms with Gasteiger partial charge < -0.3 is 10.6 Å². The first-order valence-electron chi connectivity index (χ1n) is 5.85. The van der Waals surface area contributed by atoms with E-state index in [1.165, 1.54) is 0 Å². The number of aryl methyl sites for hydroxylation is 2. The highest BCUT2D eigenvalue weighted by atomic mass is 32.1. The maximum Gasteiger partial charge on any atom is 0.224 e. The van der Waals surface area contributed by atoms with E-state index in [0.717, 1.165) is 35.0 Å². The molecule has 0 bridgehead atoms. The van der Waals surface area contributed by atoms with Gasteiger partial charge in [-0.1, -0.05) is 0 Å². The zero-order valence-corrected chi connectivity index (χ0v) is 11.6. The smallest absolute Gasteiger partial charge is 0.224 e. The highest BCUT2D eigenvalue weighted by Gasteiger charge is 2.03. The number of anilines is 2. The van der Waals surface area contributed by atoms with Gasteiger partial charge in [-0.2, -0.15) is 4.98 Å². The van der Waals surface area contributed by atoms with Crippen LogP contribution in [0.4, 0.5) is 11.8 Å². The van der Waals surface area contributed by atoms with Gasteiger partial charge in [-0.25, -0.2) is 9.97 Å². The number of thiazole rings is 1. The number of nitrogens with zero attached hydrogens (tertiary/aromatic N) is 3. The Morgan fingerprint density at radius 2 is 2.11 bits per heavy atom. The van der Waals surface area contributed by atoms with Crippen molar-refractivity contribution in [3.8, 4) is 0 Å². The van der Waals surface area contributed by atoms with Crippen LogP contribution in [-0.4, -0.2) is 28.5 Å². The Hall–Kier alpha value is -1.69. The number of aromatic nitrogens is 3. The molecule has 5 nitrogen and oxygen atoms in total. The van der Waals surface area contributed by atoms with E-state index in [1.807, 2.05) is 27.1 Å². The van der Waals surface area contributed by atoms with Crippen molar-refractivity contribution in [2.45, 2.75) is 20.3 Å². The first-order valence-corrected chi connectivity index (χ1v) is 6.73. The van der Waals surface area contributed by atoms with Crippen molar-refractivity contribution in [3.05, 3.63) is 27.8 Å². The lowest BCUT2D eigenvalue weighted by Gasteiger charge is -2.08. The number of hydrogen-bond donors (Lipinski definition) is 2. The largest absolute Gasteiger partial charge is 0.369 e. The molecule has 2 N–H and O–H groups in total. The lowest BCUT2D eigenvalue weighted by Crippen LogP contribution is -2.09. The third-order valence-electron chi connectivity index (χ3n) is 2.54. The average Bonchev–Trinajstić information content (AvgIpc) is 2.77. The van der Waals surface area contributed by atoms with Gasteiger partial charge in [0.25, 0.3) is 0 Å². The van der Waals surface area contributed by atoms with Crippen molar-refractivity contribution >= 4 is 23.1 Å². The second-order valence-electron chi connectivity index (χ2n) is 4.01. The van der Waals surface area contributed by atoms with Gasteiger partial charge in [0.1, 0.15) is 5.82 Å². The van der Waals surface area contributed by atoms with Gasteiger partial charge in [0.05, 0.1) is 10.7 Å². The molecule has 0 amide bonds. The fraction of sp³-hybridized carbons (Fsp3) is 0.417. The molecule has 0 fully saturated rings. The van der Waals surface area contributed by atoms with Crippen LogP contribution in [-0.2, 0) is 6.42 Å². The van der Waals surface area contributed by atoms with Crippen molar-refractivity contribution in [1.29, 1.82) is 0 Å². The zero-order valence-electron chi connectivity index (χ0n) is 10.8. The van der Waals surface area contributed by atoms with Crippen molar-refractivity contribution in [2.24, 2.45) is 0 Å². The molecule has 0 radical (unpaired) electrons. The SMILES string of the molecule is CNc1ncc(C)c(NCCc2csc(C)n2)n1. The molecule has 0 saturated heterocycles. The maximum absolute atomic E-state index is 4.43. The molecular weight excluding hydrogens is 246 g/mol. The molecule has 2 heterocycles. The summed E-state index contributed by atoms with van der Waals surface area (Å²) < 4.78 is 0. The molecule has 2 aromatic rings. The standard InChI is InChI=1S/C12H17N5S/c1-8-6-15-12(13-3)17-11(8)14-5-4-10-7-18-9(2)16-10/h6-7H,4-5H2,1-3H3,(H2,13,14,15,17). The van der Waals surface area contributed by atoms with Crippen molar-refractivity contribution < 1.29 is 0 Å². The molecule has 18 heavy (non-hydrogen) atoms. The Morgan fingerprint density at radius 3 is 2.78 bits per heavy atom. The molecule has 96 valence electrons. The van der Waals surface area contributed by atoms with Crippen LogP contribution < -0.4 is 10.6 Å². The minimum absolute atomic E-state index is 0.632. The van der Waals surface area contributed by atoms with E-state index >= 15 is 0 Å². The van der Waals surface area contributed by atoms with Crippen molar-refractivity contribution in [1.82, 2.24) is 15.0 Å². The maximum atomic E-state index is 4.43. The van der Waals surface area contributed by atoms with Crippen LogP contribution in [0.2, 0.25) is 0 Å². The fourth-order valence-electron chi connectivity index (χ4n) is 1.57. The first-order chi connectivity index (χ1) is 8.69. The third-order valence-corrected chi connectivity index (χ3v) is 3.36. The van der Waals surface area contributed by atoms with Gasteiger partial charge >= 0.3 is 0 Å². The number of rotatable bonds is 5. The summed E-state index contributed by atoms with van der Waals surface area (Å²) in [5, 5.41) is 9.46. The Bertz CT molecular complexity index is 523. The van der Waals surface area contributed by atoms with E-state index in [2.05, 4.69) is 31.0 Å². The van der Waals surface area contributed by atoms with E-state index in [1.54, 1.807) is 11.3 Å².